The number of ether oxygens (including phenoxy) is 4. The molecule has 0 aliphatic carbocycles. The SMILES string of the molecule is CCCc1c(OC(C(=O)OC)c2ccc3c(c2)OCO3)cc(O[Si](C)C)c(C(C)(C)C)c1C. The van der Waals surface area contributed by atoms with E-state index in [1.807, 2.05) is 12.1 Å². The Balaban J connectivity index is 2.13. The van der Waals surface area contributed by atoms with Crippen LogP contribution in [0.3, 0.4) is 0 Å². The zero-order valence-electron chi connectivity index (χ0n) is 21.0. The van der Waals surface area contributed by atoms with Crippen LogP contribution in [-0.2, 0) is 21.4 Å². The van der Waals surface area contributed by atoms with Gasteiger partial charge in [0.05, 0.1) is 7.11 Å². The minimum atomic E-state index is -1.01. The summed E-state index contributed by atoms with van der Waals surface area (Å²) in [5.74, 6) is 2.23. The van der Waals surface area contributed by atoms with Crippen LogP contribution in [0.1, 0.15) is 62.5 Å². The number of esters is 1. The number of carbonyl (C=O) groups excluding carboxylic acids is 1. The van der Waals surface area contributed by atoms with Gasteiger partial charge < -0.3 is 23.4 Å². The normalized spacial score (nSPS) is 13.7. The first-order chi connectivity index (χ1) is 15.6. The Morgan fingerprint density at radius 3 is 2.42 bits per heavy atom. The number of hydrogen-bond acceptors (Lipinski definition) is 6. The van der Waals surface area contributed by atoms with Crippen LogP contribution in [0.5, 0.6) is 23.0 Å². The zero-order chi connectivity index (χ0) is 24.3. The lowest BCUT2D eigenvalue weighted by molar-refractivity contribution is -0.149. The molecule has 0 bridgehead atoms. The minimum Gasteiger partial charge on any atom is -0.542 e. The molecule has 0 saturated heterocycles. The van der Waals surface area contributed by atoms with Crippen LogP contribution in [-0.4, -0.2) is 28.9 Å². The van der Waals surface area contributed by atoms with Crippen LogP contribution in [0.15, 0.2) is 24.3 Å². The third kappa shape index (κ3) is 5.46. The monoisotopic (exact) mass is 471 g/mol. The second-order valence-corrected chi connectivity index (χ2v) is 11.5. The summed E-state index contributed by atoms with van der Waals surface area (Å²) >= 11 is 0. The van der Waals surface area contributed by atoms with E-state index in [0.717, 1.165) is 29.7 Å². The van der Waals surface area contributed by atoms with Crippen LogP contribution in [0, 0.1) is 6.92 Å². The second-order valence-electron chi connectivity index (χ2n) is 9.50. The molecule has 0 fully saturated rings. The fourth-order valence-corrected chi connectivity index (χ4v) is 4.86. The lowest BCUT2D eigenvalue weighted by Gasteiger charge is -2.30. The number of fused-ring (bicyclic) bond motifs is 1. The smallest absolute Gasteiger partial charge is 0.351 e. The highest BCUT2D eigenvalue weighted by atomic mass is 28.3. The van der Waals surface area contributed by atoms with Crippen molar-refractivity contribution in [1.29, 1.82) is 0 Å². The standard InChI is InChI=1S/C26H35O6Si/c1-9-10-18-16(2)23(26(3,4)5)22(32-33(7)8)14-20(18)31-24(25(27)28-6)17-11-12-19-21(13-17)30-15-29-19/h11-14,24H,9-10,15H2,1-8H3. The Kier molecular flexibility index (Phi) is 7.62. The minimum absolute atomic E-state index is 0.100. The van der Waals surface area contributed by atoms with Gasteiger partial charge in [-0.05, 0) is 55.1 Å². The van der Waals surface area contributed by atoms with Crippen LogP contribution in [0.2, 0.25) is 13.1 Å². The van der Waals surface area contributed by atoms with Gasteiger partial charge in [-0.2, -0.15) is 0 Å². The van der Waals surface area contributed by atoms with E-state index < -0.39 is 21.1 Å². The highest BCUT2D eigenvalue weighted by Crippen LogP contribution is 2.43. The van der Waals surface area contributed by atoms with Gasteiger partial charge in [-0.25, -0.2) is 4.79 Å². The third-order valence-electron chi connectivity index (χ3n) is 5.56. The van der Waals surface area contributed by atoms with Gasteiger partial charge >= 0.3 is 5.97 Å². The lowest BCUT2D eigenvalue weighted by atomic mass is 9.81. The molecule has 1 aliphatic rings. The molecular weight excluding hydrogens is 436 g/mol. The quantitative estimate of drug-likeness (QED) is 0.353. The van der Waals surface area contributed by atoms with Gasteiger partial charge in [0.25, 0.3) is 9.04 Å². The van der Waals surface area contributed by atoms with E-state index in [1.54, 1.807) is 12.1 Å². The highest BCUT2D eigenvalue weighted by Gasteiger charge is 2.31. The van der Waals surface area contributed by atoms with Crippen molar-refractivity contribution in [2.45, 2.75) is 72.1 Å². The maximum Gasteiger partial charge on any atom is 0.351 e. The molecule has 33 heavy (non-hydrogen) atoms. The van der Waals surface area contributed by atoms with E-state index in [2.05, 4.69) is 47.7 Å². The van der Waals surface area contributed by atoms with Crippen molar-refractivity contribution in [2.75, 3.05) is 13.9 Å². The van der Waals surface area contributed by atoms with E-state index in [0.29, 0.717) is 22.8 Å². The van der Waals surface area contributed by atoms with Crippen molar-refractivity contribution < 1.29 is 28.2 Å². The summed E-state index contributed by atoms with van der Waals surface area (Å²) in [6, 6.07) is 7.33. The fraction of sp³-hybridized carbons (Fsp3) is 0.500. The maximum absolute atomic E-state index is 12.8. The van der Waals surface area contributed by atoms with E-state index in [9.17, 15) is 4.79 Å². The van der Waals surface area contributed by atoms with Gasteiger partial charge in [0, 0.05) is 17.2 Å². The molecule has 1 heterocycles. The maximum atomic E-state index is 12.8. The molecule has 2 aromatic carbocycles. The molecule has 0 saturated carbocycles. The Hall–Kier alpha value is -2.67. The molecule has 1 atom stereocenters. The van der Waals surface area contributed by atoms with Crippen LogP contribution >= 0.6 is 0 Å². The van der Waals surface area contributed by atoms with Gasteiger partial charge in [-0.3, -0.25) is 0 Å². The van der Waals surface area contributed by atoms with Crippen LogP contribution in [0.4, 0.5) is 0 Å². The summed E-state index contributed by atoms with van der Waals surface area (Å²) in [6.45, 7) is 15.2. The predicted octanol–water partition coefficient (Wildman–Crippen LogP) is 5.90. The Bertz CT molecular complexity index is 1010. The van der Waals surface area contributed by atoms with Crippen molar-refractivity contribution in [3.8, 4) is 23.0 Å². The number of benzene rings is 2. The molecule has 0 aromatic heterocycles. The third-order valence-corrected chi connectivity index (χ3v) is 6.19. The molecule has 7 heteroatoms. The summed E-state index contributed by atoms with van der Waals surface area (Å²) in [6.07, 6.45) is 0.834. The number of rotatable bonds is 8. The molecule has 1 radical (unpaired) electrons. The molecule has 1 aliphatic heterocycles. The second kappa shape index (κ2) is 10.1. The molecule has 1 unspecified atom stereocenters. The highest BCUT2D eigenvalue weighted by molar-refractivity contribution is 6.49. The average molecular weight is 472 g/mol. The zero-order valence-corrected chi connectivity index (χ0v) is 22.0. The van der Waals surface area contributed by atoms with Crippen molar-refractivity contribution in [3.05, 3.63) is 46.5 Å². The summed E-state index contributed by atoms with van der Waals surface area (Å²) in [4.78, 5) is 12.8. The average Bonchev–Trinajstić information content (AvgIpc) is 3.20. The Morgan fingerprint density at radius 1 is 1.12 bits per heavy atom. The molecular formula is C26H35O6Si. The molecule has 3 rings (SSSR count). The van der Waals surface area contributed by atoms with Gasteiger partial charge in [-0.15, -0.1) is 0 Å². The van der Waals surface area contributed by atoms with Crippen molar-refractivity contribution in [3.63, 3.8) is 0 Å². The molecule has 179 valence electrons. The van der Waals surface area contributed by atoms with Crippen molar-refractivity contribution in [2.24, 2.45) is 0 Å². The molecule has 0 spiro atoms. The van der Waals surface area contributed by atoms with Gasteiger partial charge in [0.1, 0.15) is 11.5 Å². The van der Waals surface area contributed by atoms with Gasteiger partial charge in [0.15, 0.2) is 11.5 Å². The summed E-state index contributed by atoms with van der Waals surface area (Å²) < 4.78 is 28.8. The van der Waals surface area contributed by atoms with E-state index >= 15 is 0 Å². The first kappa shape index (κ1) is 25.0. The van der Waals surface area contributed by atoms with E-state index in [-0.39, 0.29) is 12.2 Å². The number of carbonyl (C=O) groups is 1. The molecule has 0 amide bonds. The van der Waals surface area contributed by atoms with Crippen molar-refractivity contribution in [1.82, 2.24) is 0 Å². The van der Waals surface area contributed by atoms with Gasteiger partial charge in [-0.1, -0.05) is 40.2 Å². The lowest BCUT2D eigenvalue weighted by Crippen LogP contribution is -2.23. The van der Waals surface area contributed by atoms with E-state index in [1.165, 1.54) is 12.7 Å². The predicted molar refractivity (Wildman–Crippen MR) is 130 cm³/mol. The largest absolute Gasteiger partial charge is 0.542 e. The van der Waals surface area contributed by atoms with Crippen LogP contribution in [0.25, 0.3) is 0 Å². The first-order valence-electron chi connectivity index (χ1n) is 11.4. The first-order valence-corrected chi connectivity index (χ1v) is 13.8. The number of methoxy groups -OCH3 is 1. The topological polar surface area (TPSA) is 63.2 Å². The fourth-order valence-electron chi connectivity index (χ4n) is 4.26. The molecule has 0 N–H and O–H groups in total. The molecule has 2 aromatic rings. The molecule has 6 nitrogen and oxygen atoms in total. The Morgan fingerprint density at radius 2 is 1.82 bits per heavy atom. The van der Waals surface area contributed by atoms with E-state index in [4.69, 9.17) is 23.4 Å². The van der Waals surface area contributed by atoms with Crippen molar-refractivity contribution >= 4 is 15.0 Å². The van der Waals surface area contributed by atoms with Crippen LogP contribution < -0.4 is 18.6 Å². The summed E-state index contributed by atoms with van der Waals surface area (Å²) in [5.41, 5.74) is 3.96. The number of hydrogen-bond donors (Lipinski definition) is 0. The summed E-state index contributed by atoms with van der Waals surface area (Å²) in [7, 11) is 0.354. The summed E-state index contributed by atoms with van der Waals surface area (Å²) in [5, 5.41) is 0. The Labute approximate surface area is 198 Å². The van der Waals surface area contributed by atoms with Gasteiger partial charge in [0.2, 0.25) is 12.9 Å².